The molecule has 0 unspecified atom stereocenters. The summed E-state index contributed by atoms with van der Waals surface area (Å²) in [6.45, 7) is 8.87. The van der Waals surface area contributed by atoms with E-state index in [0.717, 1.165) is 6.42 Å². The van der Waals surface area contributed by atoms with Crippen LogP contribution in [0, 0.1) is 11.3 Å². The normalized spacial score (nSPS) is 13.2. The molecule has 0 fully saturated rings. The molecular formula is C17H35NOSi. The maximum atomic E-state index is 8.86. The van der Waals surface area contributed by atoms with Gasteiger partial charge in [-0.15, -0.1) is 0 Å². The molecule has 0 radical (unpaired) electrons. The van der Waals surface area contributed by atoms with Crippen LogP contribution in [0.4, 0.5) is 0 Å². The topological polar surface area (TPSA) is 33.0 Å². The van der Waals surface area contributed by atoms with Crippen LogP contribution >= 0.6 is 0 Å². The number of hydrogen-bond acceptors (Lipinski definition) is 2. The van der Waals surface area contributed by atoms with Gasteiger partial charge in [0, 0.05) is 0 Å². The quantitative estimate of drug-likeness (QED) is 0.306. The number of nitriles is 1. The van der Waals surface area contributed by atoms with Crippen molar-refractivity contribution in [2.24, 2.45) is 0 Å². The predicted octanol–water partition coefficient (Wildman–Crippen LogP) is 6.04. The number of nitrogens with zero attached hydrogens (tertiary/aromatic N) is 1. The van der Waals surface area contributed by atoms with E-state index in [1.165, 1.54) is 57.8 Å². The Kier molecular flexibility index (Phi) is 12.2. The van der Waals surface area contributed by atoms with E-state index >= 15 is 0 Å². The van der Waals surface area contributed by atoms with Crippen LogP contribution in [0.5, 0.6) is 0 Å². The van der Waals surface area contributed by atoms with Crippen molar-refractivity contribution in [2.45, 2.75) is 103 Å². The average Bonchev–Trinajstić information content (AvgIpc) is 2.35. The fourth-order valence-electron chi connectivity index (χ4n) is 2.49. The Morgan fingerprint density at radius 3 is 1.85 bits per heavy atom. The standard InChI is InChI=1S/C17H35NOSi/c1-5-6-7-8-9-10-11-12-13-14-17(15-16-18)19-20(2,3)4/h17H,5-15H2,1-4H3/t17-/m0/s1. The first-order valence-corrected chi connectivity index (χ1v) is 11.9. The lowest BCUT2D eigenvalue weighted by molar-refractivity contribution is 0.184. The summed E-state index contributed by atoms with van der Waals surface area (Å²) in [6.07, 6.45) is 14.0. The summed E-state index contributed by atoms with van der Waals surface area (Å²) >= 11 is 0. The van der Waals surface area contributed by atoms with Gasteiger partial charge in [0.25, 0.3) is 0 Å². The van der Waals surface area contributed by atoms with Crippen LogP contribution in [0.25, 0.3) is 0 Å². The van der Waals surface area contributed by atoms with Crippen LogP contribution in [-0.2, 0) is 4.43 Å². The van der Waals surface area contributed by atoms with Crippen molar-refractivity contribution in [3.8, 4) is 6.07 Å². The van der Waals surface area contributed by atoms with E-state index in [2.05, 4.69) is 32.6 Å². The second-order valence-electron chi connectivity index (χ2n) is 6.83. The van der Waals surface area contributed by atoms with Gasteiger partial charge in [-0.1, -0.05) is 64.7 Å². The van der Waals surface area contributed by atoms with Crippen LogP contribution in [-0.4, -0.2) is 14.4 Å². The minimum Gasteiger partial charge on any atom is -0.414 e. The van der Waals surface area contributed by atoms with Gasteiger partial charge in [-0.3, -0.25) is 0 Å². The Morgan fingerprint density at radius 2 is 1.40 bits per heavy atom. The smallest absolute Gasteiger partial charge is 0.184 e. The Bertz CT molecular complexity index is 255. The summed E-state index contributed by atoms with van der Waals surface area (Å²) in [7, 11) is -1.50. The lowest BCUT2D eigenvalue weighted by atomic mass is 10.0. The molecule has 0 spiro atoms. The molecule has 0 heterocycles. The molecule has 0 bridgehead atoms. The van der Waals surface area contributed by atoms with Crippen molar-refractivity contribution >= 4 is 8.32 Å². The van der Waals surface area contributed by atoms with E-state index in [1.54, 1.807) is 0 Å². The fourth-order valence-corrected chi connectivity index (χ4v) is 3.69. The van der Waals surface area contributed by atoms with Gasteiger partial charge in [-0.05, 0) is 26.1 Å². The van der Waals surface area contributed by atoms with Crippen LogP contribution in [0.3, 0.4) is 0 Å². The van der Waals surface area contributed by atoms with E-state index in [4.69, 9.17) is 9.69 Å². The first kappa shape index (κ1) is 19.7. The zero-order valence-electron chi connectivity index (χ0n) is 14.2. The van der Waals surface area contributed by atoms with Crippen molar-refractivity contribution < 1.29 is 4.43 Å². The van der Waals surface area contributed by atoms with Crippen molar-refractivity contribution in [3.63, 3.8) is 0 Å². The first-order valence-electron chi connectivity index (χ1n) is 8.54. The second kappa shape index (κ2) is 12.4. The molecule has 0 aliphatic heterocycles. The first-order chi connectivity index (χ1) is 9.49. The SMILES string of the molecule is CCCCCCCCCCC[C@@H](CC#N)O[Si](C)(C)C. The molecule has 2 nitrogen and oxygen atoms in total. The van der Waals surface area contributed by atoms with Crippen LogP contribution in [0.2, 0.25) is 19.6 Å². The average molecular weight is 298 g/mol. The van der Waals surface area contributed by atoms with Crippen molar-refractivity contribution in [3.05, 3.63) is 0 Å². The Balaban J connectivity index is 3.52. The Morgan fingerprint density at radius 1 is 0.900 bits per heavy atom. The maximum Gasteiger partial charge on any atom is 0.184 e. The Hall–Kier alpha value is -0.333. The van der Waals surface area contributed by atoms with Crippen LogP contribution in [0.1, 0.15) is 77.6 Å². The second-order valence-corrected chi connectivity index (χ2v) is 11.3. The van der Waals surface area contributed by atoms with Gasteiger partial charge in [0.15, 0.2) is 8.32 Å². The maximum absolute atomic E-state index is 8.86. The largest absolute Gasteiger partial charge is 0.414 e. The van der Waals surface area contributed by atoms with Crippen LogP contribution < -0.4 is 0 Å². The molecule has 0 aliphatic rings. The zero-order valence-corrected chi connectivity index (χ0v) is 15.2. The van der Waals surface area contributed by atoms with Crippen molar-refractivity contribution in [2.75, 3.05) is 0 Å². The van der Waals surface area contributed by atoms with Gasteiger partial charge in [0.1, 0.15) is 0 Å². The highest BCUT2D eigenvalue weighted by molar-refractivity contribution is 6.69. The molecule has 118 valence electrons. The third kappa shape index (κ3) is 14.1. The van der Waals surface area contributed by atoms with E-state index in [-0.39, 0.29) is 6.10 Å². The molecule has 0 aromatic heterocycles. The summed E-state index contributed by atoms with van der Waals surface area (Å²) in [5.74, 6) is 0. The van der Waals surface area contributed by atoms with Gasteiger partial charge in [-0.25, -0.2) is 0 Å². The molecule has 0 aromatic carbocycles. The lowest BCUT2D eigenvalue weighted by Crippen LogP contribution is -2.31. The number of hydrogen-bond donors (Lipinski definition) is 0. The minimum absolute atomic E-state index is 0.177. The number of rotatable bonds is 13. The van der Waals surface area contributed by atoms with Gasteiger partial charge in [0.05, 0.1) is 18.6 Å². The van der Waals surface area contributed by atoms with Gasteiger partial charge < -0.3 is 4.43 Å². The highest BCUT2D eigenvalue weighted by atomic mass is 28.4. The minimum atomic E-state index is -1.50. The molecular weight excluding hydrogens is 262 g/mol. The van der Waals surface area contributed by atoms with Crippen molar-refractivity contribution in [1.82, 2.24) is 0 Å². The summed E-state index contributed by atoms with van der Waals surface area (Å²) in [6, 6.07) is 2.27. The predicted molar refractivity (Wildman–Crippen MR) is 90.3 cm³/mol. The monoisotopic (exact) mass is 297 g/mol. The summed E-state index contributed by atoms with van der Waals surface area (Å²) in [4.78, 5) is 0. The summed E-state index contributed by atoms with van der Waals surface area (Å²) in [5.41, 5.74) is 0. The molecule has 0 rings (SSSR count). The fraction of sp³-hybridized carbons (Fsp3) is 0.941. The summed E-state index contributed by atoms with van der Waals surface area (Å²) < 4.78 is 6.07. The molecule has 0 saturated heterocycles. The van der Waals surface area contributed by atoms with E-state index in [9.17, 15) is 0 Å². The molecule has 1 atom stereocenters. The van der Waals surface area contributed by atoms with Gasteiger partial charge in [0.2, 0.25) is 0 Å². The molecule has 3 heteroatoms. The Labute approximate surface area is 128 Å². The highest BCUT2D eigenvalue weighted by Gasteiger charge is 2.20. The molecule has 0 amide bonds. The lowest BCUT2D eigenvalue weighted by Gasteiger charge is -2.24. The third-order valence-corrected chi connectivity index (χ3v) is 4.51. The van der Waals surface area contributed by atoms with Gasteiger partial charge >= 0.3 is 0 Å². The van der Waals surface area contributed by atoms with E-state index in [0.29, 0.717) is 6.42 Å². The third-order valence-electron chi connectivity index (χ3n) is 3.47. The number of unbranched alkanes of at least 4 members (excludes halogenated alkanes) is 8. The van der Waals surface area contributed by atoms with E-state index < -0.39 is 8.32 Å². The van der Waals surface area contributed by atoms with E-state index in [1.807, 2.05) is 0 Å². The summed E-state index contributed by atoms with van der Waals surface area (Å²) in [5, 5.41) is 8.86. The zero-order chi connectivity index (χ0) is 15.3. The van der Waals surface area contributed by atoms with Crippen molar-refractivity contribution in [1.29, 1.82) is 5.26 Å². The molecule has 0 saturated carbocycles. The highest BCUT2D eigenvalue weighted by Crippen LogP contribution is 2.17. The van der Waals surface area contributed by atoms with Crippen LogP contribution in [0.15, 0.2) is 0 Å². The van der Waals surface area contributed by atoms with Gasteiger partial charge in [-0.2, -0.15) is 5.26 Å². The molecule has 0 N–H and O–H groups in total. The molecule has 0 aliphatic carbocycles. The molecule has 0 aromatic rings. The molecule has 20 heavy (non-hydrogen) atoms.